The molecule has 2 aromatic carbocycles. The van der Waals surface area contributed by atoms with Crippen LogP contribution in [-0.2, 0) is 0 Å². The number of rotatable bonds is 3. The standard InChI is InChI=1S/C14H10F3IO2/c15-14(16,17)20-12-8-4-2-6-10(12)13(19)9-5-1-3-7-11(9)18/h1-8,13,19H. The fourth-order valence-corrected chi connectivity index (χ4v) is 2.47. The number of para-hydroxylation sites is 1. The molecule has 2 aromatic rings. The zero-order chi connectivity index (χ0) is 14.8. The molecule has 0 bridgehead atoms. The molecular formula is C14H10F3IO2. The van der Waals surface area contributed by atoms with Crippen LogP contribution in [0.15, 0.2) is 48.5 Å². The number of alkyl halides is 3. The minimum Gasteiger partial charge on any atom is -0.405 e. The summed E-state index contributed by atoms with van der Waals surface area (Å²) in [6, 6.07) is 12.5. The van der Waals surface area contributed by atoms with Crippen LogP contribution in [0.3, 0.4) is 0 Å². The zero-order valence-corrected chi connectivity index (χ0v) is 12.2. The highest BCUT2D eigenvalue weighted by molar-refractivity contribution is 14.1. The lowest BCUT2D eigenvalue weighted by atomic mass is 10.0. The second kappa shape index (κ2) is 6.01. The molecule has 0 aliphatic heterocycles. The van der Waals surface area contributed by atoms with E-state index in [9.17, 15) is 18.3 Å². The van der Waals surface area contributed by atoms with E-state index in [4.69, 9.17) is 0 Å². The molecule has 0 aliphatic rings. The molecule has 0 aliphatic carbocycles. The molecule has 0 aromatic heterocycles. The number of benzene rings is 2. The van der Waals surface area contributed by atoms with Crippen LogP contribution in [0.4, 0.5) is 13.2 Å². The average molecular weight is 394 g/mol. The predicted molar refractivity (Wildman–Crippen MR) is 76.3 cm³/mol. The highest BCUT2D eigenvalue weighted by Crippen LogP contribution is 2.34. The van der Waals surface area contributed by atoms with E-state index in [2.05, 4.69) is 4.74 Å². The van der Waals surface area contributed by atoms with Gasteiger partial charge in [0.15, 0.2) is 0 Å². The van der Waals surface area contributed by atoms with Crippen LogP contribution >= 0.6 is 22.6 Å². The summed E-state index contributed by atoms with van der Waals surface area (Å²) < 4.78 is 41.8. The molecule has 2 nitrogen and oxygen atoms in total. The van der Waals surface area contributed by atoms with Crippen molar-refractivity contribution in [2.24, 2.45) is 0 Å². The Hall–Kier alpha value is -1.28. The van der Waals surface area contributed by atoms with Crippen LogP contribution in [0, 0.1) is 3.57 Å². The van der Waals surface area contributed by atoms with E-state index < -0.39 is 18.2 Å². The van der Waals surface area contributed by atoms with E-state index in [1.54, 1.807) is 30.3 Å². The molecule has 0 heterocycles. The molecule has 6 heteroatoms. The summed E-state index contributed by atoms with van der Waals surface area (Å²) in [6.07, 6.45) is -5.97. The van der Waals surface area contributed by atoms with Gasteiger partial charge < -0.3 is 9.84 Å². The first kappa shape index (κ1) is 15.1. The van der Waals surface area contributed by atoms with Crippen molar-refractivity contribution in [3.05, 3.63) is 63.2 Å². The van der Waals surface area contributed by atoms with Crippen molar-refractivity contribution in [2.45, 2.75) is 12.5 Å². The Morgan fingerprint density at radius 3 is 2.10 bits per heavy atom. The summed E-state index contributed by atoms with van der Waals surface area (Å²) >= 11 is 2.02. The SMILES string of the molecule is OC(c1ccccc1I)c1ccccc1OC(F)(F)F. The van der Waals surface area contributed by atoms with Crippen molar-refractivity contribution in [1.29, 1.82) is 0 Å². The minimum atomic E-state index is -4.79. The minimum absolute atomic E-state index is 0.0777. The second-order valence-corrected chi connectivity index (χ2v) is 5.17. The molecule has 20 heavy (non-hydrogen) atoms. The van der Waals surface area contributed by atoms with E-state index >= 15 is 0 Å². The third-order valence-corrected chi connectivity index (χ3v) is 3.62. The van der Waals surface area contributed by atoms with E-state index in [-0.39, 0.29) is 5.56 Å². The van der Waals surface area contributed by atoms with E-state index in [1.807, 2.05) is 22.6 Å². The Kier molecular flexibility index (Phi) is 4.54. The van der Waals surface area contributed by atoms with Crippen LogP contribution in [0.1, 0.15) is 17.2 Å². The van der Waals surface area contributed by atoms with Crippen molar-refractivity contribution in [2.75, 3.05) is 0 Å². The Balaban J connectivity index is 2.40. The monoisotopic (exact) mass is 394 g/mol. The maximum Gasteiger partial charge on any atom is 0.573 e. The van der Waals surface area contributed by atoms with Crippen molar-refractivity contribution in [1.82, 2.24) is 0 Å². The number of hydrogen-bond acceptors (Lipinski definition) is 2. The molecule has 0 radical (unpaired) electrons. The summed E-state index contributed by atoms with van der Waals surface area (Å²) in [4.78, 5) is 0. The Morgan fingerprint density at radius 2 is 1.50 bits per heavy atom. The topological polar surface area (TPSA) is 29.5 Å². The molecule has 1 unspecified atom stereocenters. The molecule has 0 spiro atoms. The van der Waals surface area contributed by atoms with Gasteiger partial charge in [0.05, 0.1) is 0 Å². The van der Waals surface area contributed by atoms with Gasteiger partial charge in [-0.2, -0.15) is 0 Å². The molecule has 106 valence electrons. The van der Waals surface area contributed by atoms with Gasteiger partial charge in [0.2, 0.25) is 0 Å². The highest BCUT2D eigenvalue weighted by Gasteiger charge is 2.33. The highest BCUT2D eigenvalue weighted by atomic mass is 127. The van der Waals surface area contributed by atoms with Crippen LogP contribution < -0.4 is 4.74 Å². The normalized spacial score (nSPS) is 13.1. The van der Waals surface area contributed by atoms with Gasteiger partial charge in [0.1, 0.15) is 11.9 Å². The fraction of sp³-hybridized carbons (Fsp3) is 0.143. The van der Waals surface area contributed by atoms with Gasteiger partial charge in [-0.1, -0.05) is 36.4 Å². The van der Waals surface area contributed by atoms with Crippen LogP contribution in [-0.4, -0.2) is 11.5 Å². The first-order valence-electron chi connectivity index (χ1n) is 5.65. The number of hydrogen-bond donors (Lipinski definition) is 1. The summed E-state index contributed by atoms with van der Waals surface area (Å²) in [5.41, 5.74) is 0.611. The van der Waals surface area contributed by atoms with Gasteiger partial charge in [-0.3, -0.25) is 0 Å². The Labute approximate surface area is 127 Å². The lowest BCUT2D eigenvalue weighted by molar-refractivity contribution is -0.275. The average Bonchev–Trinajstić information content (AvgIpc) is 2.37. The van der Waals surface area contributed by atoms with Crippen molar-refractivity contribution >= 4 is 22.6 Å². The van der Waals surface area contributed by atoms with Gasteiger partial charge in [-0.25, -0.2) is 0 Å². The Bertz CT molecular complexity index is 599. The van der Waals surface area contributed by atoms with Gasteiger partial charge in [-0.15, -0.1) is 13.2 Å². The van der Waals surface area contributed by atoms with Crippen molar-refractivity contribution < 1.29 is 23.0 Å². The van der Waals surface area contributed by atoms with Gasteiger partial charge >= 0.3 is 6.36 Å². The molecule has 0 fully saturated rings. The number of aliphatic hydroxyl groups is 1. The van der Waals surface area contributed by atoms with E-state index in [1.165, 1.54) is 18.2 Å². The van der Waals surface area contributed by atoms with Gasteiger partial charge in [0, 0.05) is 9.13 Å². The third kappa shape index (κ3) is 3.63. The lowest BCUT2D eigenvalue weighted by Crippen LogP contribution is -2.19. The summed E-state index contributed by atoms with van der Waals surface area (Å²) in [5, 5.41) is 10.3. The van der Waals surface area contributed by atoms with E-state index in [0.29, 0.717) is 5.56 Å². The molecule has 0 amide bonds. The quantitative estimate of drug-likeness (QED) is 0.789. The predicted octanol–water partition coefficient (Wildman–Crippen LogP) is 4.27. The number of ether oxygens (including phenoxy) is 1. The third-order valence-electron chi connectivity index (χ3n) is 2.64. The molecule has 2 rings (SSSR count). The molecule has 0 saturated carbocycles. The maximum atomic E-state index is 12.4. The number of halogens is 4. The smallest absolute Gasteiger partial charge is 0.405 e. The van der Waals surface area contributed by atoms with Crippen LogP contribution in [0.5, 0.6) is 5.75 Å². The second-order valence-electron chi connectivity index (χ2n) is 4.01. The first-order valence-corrected chi connectivity index (χ1v) is 6.73. The molecule has 1 N–H and O–H groups in total. The fourth-order valence-electron chi connectivity index (χ4n) is 1.79. The zero-order valence-electron chi connectivity index (χ0n) is 10.1. The van der Waals surface area contributed by atoms with Crippen molar-refractivity contribution in [3.8, 4) is 5.75 Å². The van der Waals surface area contributed by atoms with Crippen LogP contribution in [0.25, 0.3) is 0 Å². The summed E-state index contributed by atoms with van der Waals surface area (Å²) in [5.74, 6) is -0.396. The first-order chi connectivity index (χ1) is 9.38. The van der Waals surface area contributed by atoms with Gasteiger partial charge in [0.25, 0.3) is 0 Å². The lowest BCUT2D eigenvalue weighted by Gasteiger charge is -2.18. The summed E-state index contributed by atoms with van der Waals surface area (Å²) in [7, 11) is 0. The molecule has 1 atom stereocenters. The summed E-state index contributed by atoms with van der Waals surface area (Å²) in [6.45, 7) is 0. The number of aliphatic hydroxyl groups excluding tert-OH is 1. The van der Waals surface area contributed by atoms with E-state index in [0.717, 1.165) is 3.57 Å². The Morgan fingerprint density at radius 1 is 0.950 bits per heavy atom. The largest absolute Gasteiger partial charge is 0.573 e. The van der Waals surface area contributed by atoms with Crippen LogP contribution in [0.2, 0.25) is 0 Å². The molecule has 0 saturated heterocycles. The molecular weight excluding hydrogens is 384 g/mol. The van der Waals surface area contributed by atoms with Gasteiger partial charge in [-0.05, 0) is 40.3 Å². The van der Waals surface area contributed by atoms with Crippen molar-refractivity contribution in [3.63, 3.8) is 0 Å². The maximum absolute atomic E-state index is 12.4.